The molecule has 158 valence electrons. The van der Waals surface area contributed by atoms with Gasteiger partial charge in [0.2, 0.25) is 5.60 Å². The molecule has 0 bridgehead atoms. The van der Waals surface area contributed by atoms with Crippen LogP contribution in [0.3, 0.4) is 0 Å². The summed E-state index contributed by atoms with van der Waals surface area (Å²) in [5.41, 5.74) is 0.388. The third kappa shape index (κ3) is 5.58. The van der Waals surface area contributed by atoms with Gasteiger partial charge in [-0.05, 0) is 17.5 Å². The number of rotatable bonds is 7. The standard InChI is InChI=1S/C24H32NO3.HI/c1-4-19-27-24(20-11-7-5-8-12-20,21-13-9-6-10-14-21)23(26)28-22-15-17-25(2,3)18-16-22;/h5-14,22H,4,15-19H2,1-3H3;1H/q+1;/p-1. The van der Waals surface area contributed by atoms with E-state index >= 15 is 0 Å². The van der Waals surface area contributed by atoms with Crippen LogP contribution in [0.15, 0.2) is 60.7 Å². The van der Waals surface area contributed by atoms with Crippen LogP contribution in [0.25, 0.3) is 0 Å². The van der Waals surface area contributed by atoms with E-state index in [9.17, 15) is 4.79 Å². The van der Waals surface area contributed by atoms with E-state index in [0.717, 1.165) is 48.0 Å². The number of hydrogen-bond donors (Lipinski definition) is 0. The first-order valence-electron chi connectivity index (χ1n) is 10.3. The molecule has 0 N–H and O–H groups in total. The predicted molar refractivity (Wildman–Crippen MR) is 111 cm³/mol. The highest BCUT2D eigenvalue weighted by Crippen LogP contribution is 2.36. The molecule has 0 saturated carbocycles. The van der Waals surface area contributed by atoms with Gasteiger partial charge < -0.3 is 37.9 Å². The van der Waals surface area contributed by atoms with E-state index in [1.165, 1.54) is 0 Å². The summed E-state index contributed by atoms with van der Waals surface area (Å²) < 4.78 is 13.4. The maximum Gasteiger partial charge on any atom is 0.348 e. The van der Waals surface area contributed by atoms with Crippen molar-refractivity contribution in [1.29, 1.82) is 0 Å². The Hall–Kier alpha value is -1.44. The summed E-state index contributed by atoms with van der Waals surface area (Å²) >= 11 is 0. The monoisotopic (exact) mass is 509 g/mol. The lowest BCUT2D eigenvalue weighted by atomic mass is 9.85. The highest BCUT2D eigenvalue weighted by atomic mass is 127. The number of piperidine rings is 1. The van der Waals surface area contributed by atoms with Gasteiger partial charge in [-0.2, -0.15) is 0 Å². The fourth-order valence-corrected chi connectivity index (χ4v) is 3.82. The molecule has 2 aromatic rings. The van der Waals surface area contributed by atoms with Crippen LogP contribution in [0.2, 0.25) is 0 Å². The van der Waals surface area contributed by atoms with E-state index in [2.05, 4.69) is 14.1 Å². The first kappa shape index (κ1) is 23.8. The van der Waals surface area contributed by atoms with Gasteiger partial charge in [-0.3, -0.25) is 0 Å². The normalized spacial score (nSPS) is 16.7. The number of esters is 1. The highest BCUT2D eigenvalue weighted by Gasteiger charge is 2.46. The van der Waals surface area contributed by atoms with E-state index in [1.54, 1.807) is 0 Å². The van der Waals surface area contributed by atoms with E-state index in [-0.39, 0.29) is 36.0 Å². The molecular weight excluding hydrogens is 477 g/mol. The summed E-state index contributed by atoms with van der Waals surface area (Å²) in [5, 5.41) is 0. The molecule has 1 aliphatic rings. The van der Waals surface area contributed by atoms with Crippen LogP contribution in [0.4, 0.5) is 0 Å². The number of ether oxygens (including phenoxy) is 2. The van der Waals surface area contributed by atoms with Crippen molar-refractivity contribution in [2.45, 2.75) is 37.9 Å². The molecule has 4 nitrogen and oxygen atoms in total. The van der Waals surface area contributed by atoms with Crippen LogP contribution in [-0.2, 0) is 19.9 Å². The second-order valence-electron chi connectivity index (χ2n) is 8.25. The molecule has 0 atom stereocenters. The van der Waals surface area contributed by atoms with Crippen molar-refractivity contribution in [2.75, 3.05) is 33.8 Å². The number of carbonyl (C=O) groups is 1. The van der Waals surface area contributed by atoms with Gasteiger partial charge in [-0.15, -0.1) is 0 Å². The van der Waals surface area contributed by atoms with Crippen LogP contribution >= 0.6 is 0 Å². The van der Waals surface area contributed by atoms with Crippen molar-refractivity contribution in [2.24, 2.45) is 0 Å². The Labute approximate surface area is 191 Å². The molecule has 0 aromatic heterocycles. The number of halogens is 1. The Balaban J connectivity index is 0.00000300. The average Bonchev–Trinajstić information content (AvgIpc) is 2.72. The topological polar surface area (TPSA) is 35.5 Å². The van der Waals surface area contributed by atoms with Gasteiger partial charge in [0, 0.05) is 19.4 Å². The van der Waals surface area contributed by atoms with Gasteiger partial charge in [0.25, 0.3) is 0 Å². The largest absolute Gasteiger partial charge is 1.00 e. The molecule has 3 rings (SSSR count). The van der Waals surface area contributed by atoms with Crippen molar-refractivity contribution in [3.05, 3.63) is 71.8 Å². The summed E-state index contributed by atoms with van der Waals surface area (Å²) in [5.74, 6) is -0.310. The first-order chi connectivity index (χ1) is 13.5. The maximum absolute atomic E-state index is 13.6. The molecular formula is C24H32INO3. The third-order valence-corrected chi connectivity index (χ3v) is 5.56. The summed E-state index contributed by atoms with van der Waals surface area (Å²) in [6.07, 6.45) is 2.53. The number of benzene rings is 2. The Morgan fingerprint density at radius 2 is 1.45 bits per heavy atom. The van der Waals surface area contributed by atoms with Crippen molar-refractivity contribution >= 4 is 5.97 Å². The lowest BCUT2D eigenvalue weighted by molar-refractivity contribution is -0.896. The van der Waals surface area contributed by atoms with Gasteiger partial charge in [-0.1, -0.05) is 67.6 Å². The molecule has 1 heterocycles. The van der Waals surface area contributed by atoms with Crippen molar-refractivity contribution in [3.8, 4) is 0 Å². The summed E-state index contributed by atoms with van der Waals surface area (Å²) in [6.45, 7) is 4.55. The van der Waals surface area contributed by atoms with Gasteiger partial charge in [0.05, 0.1) is 27.2 Å². The summed E-state index contributed by atoms with van der Waals surface area (Å²) in [6, 6.07) is 19.5. The van der Waals surface area contributed by atoms with Crippen molar-refractivity contribution < 1.29 is 42.7 Å². The van der Waals surface area contributed by atoms with Gasteiger partial charge >= 0.3 is 5.97 Å². The van der Waals surface area contributed by atoms with Crippen molar-refractivity contribution in [3.63, 3.8) is 0 Å². The highest BCUT2D eigenvalue weighted by molar-refractivity contribution is 5.86. The minimum atomic E-state index is -1.24. The molecule has 0 aliphatic carbocycles. The zero-order chi connectivity index (χ0) is 20.0. The zero-order valence-corrected chi connectivity index (χ0v) is 19.8. The Bertz CT molecular complexity index is 715. The molecule has 29 heavy (non-hydrogen) atoms. The molecule has 1 aliphatic heterocycles. The molecule has 1 saturated heterocycles. The minimum Gasteiger partial charge on any atom is -1.00 e. The SMILES string of the molecule is CCCOC(C(=O)OC1CC[N+](C)(C)CC1)(c1ccccc1)c1ccccc1.[I-]. The first-order valence-corrected chi connectivity index (χ1v) is 10.3. The average molecular weight is 509 g/mol. The van der Waals surface area contributed by atoms with E-state index in [1.807, 2.05) is 67.6 Å². The molecule has 5 heteroatoms. The van der Waals surface area contributed by atoms with E-state index < -0.39 is 5.60 Å². The van der Waals surface area contributed by atoms with Crippen molar-refractivity contribution in [1.82, 2.24) is 0 Å². The van der Waals surface area contributed by atoms with Gasteiger partial charge in [0.1, 0.15) is 6.10 Å². The lowest BCUT2D eigenvalue weighted by Crippen LogP contribution is -3.00. The number of nitrogens with zero attached hydrogens (tertiary/aromatic N) is 1. The summed E-state index contributed by atoms with van der Waals surface area (Å²) in [4.78, 5) is 13.6. The van der Waals surface area contributed by atoms with E-state index in [4.69, 9.17) is 9.47 Å². The Kier molecular flexibility index (Phi) is 8.67. The second kappa shape index (κ2) is 10.5. The minimum absolute atomic E-state index is 0. The Morgan fingerprint density at radius 1 is 0.966 bits per heavy atom. The maximum atomic E-state index is 13.6. The fourth-order valence-electron chi connectivity index (χ4n) is 3.82. The number of carbonyl (C=O) groups excluding carboxylic acids is 1. The lowest BCUT2D eigenvalue weighted by Gasteiger charge is -2.39. The number of hydrogen-bond acceptors (Lipinski definition) is 3. The van der Waals surface area contributed by atoms with Crippen LogP contribution in [0.1, 0.15) is 37.3 Å². The van der Waals surface area contributed by atoms with Crippen LogP contribution in [0.5, 0.6) is 0 Å². The van der Waals surface area contributed by atoms with Crippen LogP contribution in [-0.4, -0.2) is 50.3 Å². The predicted octanol–water partition coefficient (Wildman–Crippen LogP) is 1.14. The Morgan fingerprint density at radius 3 is 1.90 bits per heavy atom. The second-order valence-corrected chi connectivity index (χ2v) is 8.25. The molecule has 2 aromatic carbocycles. The van der Waals surface area contributed by atoms with Gasteiger partial charge in [0.15, 0.2) is 0 Å². The molecule has 0 radical (unpaired) electrons. The van der Waals surface area contributed by atoms with E-state index in [0.29, 0.717) is 6.61 Å². The fraction of sp³-hybridized carbons (Fsp3) is 0.458. The van der Waals surface area contributed by atoms with Crippen LogP contribution < -0.4 is 24.0 Å². The summed E-state index contributed by atoms with van der Waals surface area (Å²) in [7, 11) is 4.45. The quantitative estimate of drug-likeness (QED) is 0.319. The smallest absolute Gasteiger partial charge is 0.348 e. The third-order valence-electron chi connectivity index (χ3n) is 5.56. The molecule has 0 unspecified atom stereocenters. The molecule has 0 spiro atoms. The van der Waals surface area contributed by atoms with Gasteiger partial charge in [-0.25, -0.2) is 4.79 Å². The number of likely N-dealkylation sites (tertiary alicyclic amines) is 1. The molecule has 0 amide bonds. The zero-order valence-electron chi connectivity index (χ0n) is 17.6. The van der Waals surface area contributed by atoms with Crippen LogP contribution in [0, 0.1) is 0 Å². The number of quaternary nitrogens is 1. The molecule has 1 fully saturated rings.